The highest BCUT2D eigenvalue weighted by atomic mass is 16.5. The van der Waals surface area contributed by atoms with Crippen LogP contribution in [-0.4, -0.2) is 48.7 Å². The summed E-state index contributed by atoms with van der Waals surface area (Å²) >= 11 is 0. The zero-order valence-corrected chi connectivity index (χ0v) is 9.69. The molecule has 0 aromatic heterocycles. The first-order valence-electron chi connectivity index (χ1n) is 5.64. The highest BCUT2D eigenvalue weighted by molar-refractivity contribution is 5.92. The van der Waals surface area contributed by atoms with Crippen molar-refractivity contribution in [1.29, 1.82) is 0 Å². The molecule has 0 N–H and O–H groups in total. The van der Waals surface area contributed by atoms with Crippen LogP contribution in [0.5, 0.6) is 0 Å². The summed E-state index contributed by atoms with van der Waals surface area (Å²) in [6, 6.07) is 0. The summed E-state index contributed by atoms with van der Waals surface area (Å²) in [7, 11) is 1.61. The number of methoxy groups -OCH3 is 1. The lowest BCUT2D eigenvalue weighted by molar-refractivity contribution is -0.157. The number of fused-ring (bicyclic) bond motifs is 1. The van der Waals surface area contributed by atoms with Crippen molar-refractivity contribution in [2.75, 3.05) is 20.3 Å². The zero-order valence-electron chi connectivity index (χ0n) is 9.69. The van der Waals surface area contributed by atoms with Gasteiger partial charge >= 0.3 is 5.97 Å². The first-order valence-corrected chi connectivity index (χ1v) is 5.64. The fourth-order valence-corrected chi connectivity index (χ4v) is 2.67. The van der Waals surface area contributed by atoms with Gasteiger partial charge in [-0.05, 0) is 13.3 Å². The Labute approximate surface area is 94.7 Å². The topological polar surface area (TPSA) is 55.8 Å². The molecule has 0 saturated carbocycles. The summed E-state index contributed by atoms with van der Waals surface area (Å²) in [6.07, 6.45) is 1.52. The molecule has 0 aliphatic carbocycles. The van der Waals surface area contributed by atoms with Gasteiger partial charge in [0.1, 0.15) is 5.54 Å². The van der Waals surface area contributed by atoms with E-state index in [1.54, 1.807) is 18.9 Å². The van der Waals surface area contributed by atoms with E-state index >= 15 is 0 Å². The molecule has 0 aromatic carbocycles. The quantitative estimate of drug-likeness (QED) is 0.652. The minimum atomic E-state index is -0.742. The molecule has 0 radical (unpaired) electrons. The van der Waals surface area contributed by atoms with Gasteiger partial charge in [0.25, 0.3) is 0 Å². The number of hydrogen-bond donors (Lipinski definition) is 0. The summed E-state index contributed by atoms with van der Waals surface area (Å²) in [6.45, 7) is 2.63. The fourth-order valence-electron chi connectivity index (χ4n) is 2.67. The summed E-state index contributed by atoms with van der Waals surface area (Å²) in [5.41, 5.74) is -0.742. The van der Waals surface area contributed by atoms with Gasteiger partial charge in [-0.2, -0.15) is 0 Å². The van der Waals surface area contributed by atoms with Crippen LogP contribution in [0.1, 0.15) is 26.2 Å². The minimum absolute atomic E-state index is 0.0348. The molecule has 90 valence electrons. The minimum Gasteiger partial charge on any atom is -0.464 e. The molecule has 2 fully saturated rings. The van der Waals surface area contributed by atoms with E-state index in [2.05, 4.69) is 0 Å². The second kappa shape index (κ2) is 4.05. The van der Waals surface area contributed by atoms with Gasteiger partial charge in [0, 0.05) is 26.5 Å². The predicted molar refractivity (Wildman–Crippen MR) is 55.7 cm³/mol. The number of nitrogens with zero attached hydrogens (tertiary/aromatic N) is 1. The van der Waals surface area contributed by atoms with Gasteiger partial charge < -0.3 is 14.4 Å². The maximum atomic E-state index is 12.0. The third kappa shape index (κ3) is 1.50. The monoisotopic (exact) mass is 227 g/mol. The second-order valence-corrected chi connectivity index (χ2v) is 4.32. The number of carbonyl (C=O) groups is 2. The third-order valence-electron chi connectivity index (χ3n) is 3.51. The van der Waals surface area contributed by atoms with Gasteiger partial charge in [-0.3, -0.25) is 4.79 Å². The van der Waals surface area contributed by atoms with Crippen LogP contribution in [0.3, 0.4) is 0 Å². The molecule has 0 bridgehead atoms. The number of hydrogen-bond acceptors (Lipinski definition) is 4. The van der Waals surface area contributed by atoms with E-state index in [9.17, 15) is 9.59 Å². The van der Waals surface area contributed by atoms with Crippen LogP contribution in [0.25, 0.3) is 0 Å². The maximum Gasteiger partial charge on any atom is 0.332 e. The highest BCUT2D eigenvalue weighted by Gasteiger charge is 2.57. The standard InChI is InChI=1S/C11H17NO4/c1-3-16-10(14)11-5-4-9(13)12(11)7-8(6-11)15-2/h8H,3-7H2,1-2H3/t8-,11-/m0/s1. The number of ether oxygens (including phenoxy) is 2. The van der Waals surface area contributed by atoms with Crippen LogP contribution in [0.4, 0.5) is 0 Å². The smallest absolute Gasteiger partial charge is 0.332 e. The van der Waals surface area contributed by atoms with Crippen molar-refractivity contribution in [3.63, 3.8) is 0 Å². The van der Waals surface area contributed by atoms with Crippen LogP contribution < -0.4 is 0 Å². The van der Waals surface area contributed by atoms with Crippen molar-refractivity contribution >= 4 is 11.9 Å². The molecule has 5 nitrogen and oxygen atoms in total. The number of rotatable bonds is 3. The summed E-state index contributed by atoms with van der Waals surface area (Å²) in [4.78, 5) is 25.3. The van der Waals surface area contributed by atoms with Crippen molar-refractivity contribution < 1.29 is 19.1 Å². The van der Waals surface area contributed by atoms with Crippen LogP contribution >= 0.6 is 0 Å². The van der Waals surface area contributed by atoms with E-state index in [0.717, 1.165) is 0 Å². The first kappa shape index (κ1) is 11.4. The van der Waals surface area contributed by atoms with Crippen LogP contribution in [-0.2, 0) is 19.1 Å². The molecule has 0 spiro atoms. The van der Waals surface area contributed by atoms with Crippen molar-refractivity contribution in [3.8, 4) is 0 Å². The van der Waals surface area contributed by atoms with E-state index in [4.69, 9.17) is 9.47 Å². The Morgan fingerprint density at radius 1 is 1.62 bits per heavy atom. The third-order valence-corrected chi connectivity index (χ3v) is 3.51. The van der Waals surface area contributed by atoms with Crippen molar-refractivity contribution in [1.82, 2.24) is 4.90 Å². The molecule has 2 saturated heterocycles. The highest BCUT2D eigenvalue weighted by Crippen LogP contribution is 2.41. The Balaban J connectivity index is 2.22. The maximum absolute atomic E-state index is 12.0. The average molecular weight is 227 g/mol. The van der Waals surface area contributed by atoms with Gasteiger partial charge in [-0.1, -0.05) is 0 Å². The largest absolute Gasteiger partial charge is 0.464 e. The van der Waals surface area contributed by atoms with Gasteiger partial charge in [-0.15, -0.1) is 0 Å². The fraction of sp³-hybridized carbons (Fsp3) is 0.818. The molecule has 0 aromatic rings. The molecular weight excluding hydrogens is 210 g/mol. The van der Waals surface area contributed by atoms with E-state index in [1.165, 1.54) is 0 Å². The zero-order chi connectivity index (χ0) is 11.8. The van der Waals surface area contributed by atoms with Crippen LogP contribution in [0.2, 0.25) is 0 Å². The van der Waals surface area contributed by atoms with E-state index in [1.807, 2.05) is 0 Å². The molecule has 2 aliphatic heterocycles. The second-order valence-electron chi connectivity index (χ2n) is 4.32. The SMILES string of the molecule is CCOC(=O)[C@@]12CCC(=O)N1C[C@@H](OC)C2. The molecule has 1 amide bonds. The van der Waals surface area contributed by atoms with E-state index in [-0.39, 0.29) is 18.0 Å². The lowest BCUT2D eigenvalue weighted by Gasteiger charge is -2.28. The van der Waals surface area contributed by atoms with Crippen molar-refractivity contribution in [3.05, 3.63) is 0 Å². The van der Waals surface area contributed by atoms with Crippen LogP contribution in [0.15, 0.2) is 0 Å². The average Bonchev–Trinajstić information content (AvgIpc) is 2.78. The van der Waals surface area contributed by atoms with Gasteiger partial charge in [0.05, 0.1) is 12.7 Å². The lowest BCUT2D eigenvalue weighted by atomic mass is 9.93. The number of esters is 1. The predicted octanol–water partition coefficient (Wildman–Crippen LogP) is 0.329. The summed E-state index contributed by atoms with van der Waals surface area (Å²) < 4.78 is 10.3. The van der Waals surface area contributed by atoms with Gasteiger partial charge in [-0.25, -0.2) is 4.79 Å². The molecule has 2 rings (SSSR count). The number of carbonyl (C=O) groups excluding carboxylic acids is 2. The van der Waals surface area contributed by atoms with Crippen molar-refractivity contribution in [2.45, 2.75) is 37.8 Å². The Morgan fingerprint density at radius 2 is 2.38 bits per heavy atom. The first-order chi connectivity index (χ1) is 7.64. The van der Waals surface area contributed by atoms with Gasteiger partial charge in [0.15, 0.2) is 0 Å². The lowest BCUT2D eigenvalue weighted by Crippen LogP contribution is -2.48. The normalized spacial score (nSPS) is 33.0. The molecule has 2 aliphatic rings. The molecule has 0 unspecified atom stereocenters. The molecule has 16 heavy (non-hydrogen) atoms. The molecule has 2 atom stereocenters. The van der Waals surface area contributed by atoms with E-state index < -0.39 is 5.54 Å². The Bertz CT molecular complexity index is 317. The summed E-state index contributed by atoms with van der Waals surface area (Å²) in [5.74, 6) is -0.243. The van der Waals surface area contributed by atoms with E-state index in [0.29, 0.717) is 32.4 Å². The molecular formula is C11H17NO4. The molecule has 5 heteroatoms. The number of amides is 1. The Kier molecular flexibility index (Phi) is 2.88. The van der Waals surface area contributed by atoms with Crippen molar-refractivity contribution in [2.24, 2.45) is 0 Å². The van der Waals surface area contributed by atoms with Crippen LogP contribution in [0, 0.1) is 0 Å². The van der Waals surface area contributed by atoms with Gasteiger partial charge in [0.2, 0.25) is 5.91 Å². The summed E-state index contributed by atoms with van der Waals surface area (Å²) in [5, 5.41) is 0. The Morgan fingerprint density at radius 3 is 3.00 bits per heavy atom. The molecule has 2 heterocycles. The Hall–Kier alpha value is -1.10.